The molecule has 19 heavy (non-hydrogen) atoms. The molecule has 3 rings (SSSR count). The van der Waals surface area contributed by atoms with Crippen molar-refractivity contribution in [3.63, 3.8) is 0 Å². The van der Waals surface area contributed by atoms with Gasteiger partial charge in [-0.25, -0.2) is 0 Å². The van der Waals surface area contributed by atoms with Crippen molar-refractivity contribution < 1.29 is 4.74 Å². The van der Waals surface area contributed by atoms with Crippen molar-refractivity contribution in [1.29, 1.82) is 0 Å². The molecule has 2 heterocycles. The van der Waals surface area contributed by atoms with E-state index in [0.717, 1.165) is 17.1 Å². The van der Waals surface area contributed by atoms with Crippen LogP contribution in [0, 0.1) is 5.41 Å². The van der Waals surface area contributed by atoms with E-state index in [1.165, 1.54) is 64.2 Å². The van der Waals surface area contributed by atoms with Crippen molar-refractivity contribution >= 4 is 11.8 Å². The number of thioether (sulfide) groups is 1. The molecule has 2 aliphatic heterocycles. The predicted octanol–water partition coefficient (Wildman–Crippen LogP) is 5.31. The Kier molecular flexibility index (Phi) is 4.46. The number of hydrogen-bond donors (Lipinski definition) is 0. The van der Waals surface area contributed by atoms with Gasteiger partial charge in [-0.2, -0.15) is 11.8 Å². The van der Waals surface area contributed by atoms with Crippen LogP contribution in [0.5, 0.6) is 0 Å². The van der Waals surface area contributed by atoms with Crippen LogP contribution in [0.1, 0.15) is 71.1 Å². The Balaban J connectivity index is 1.40. The number of ether oxygens (including phenoxy) is 1. The molecule has 2 heteroatoms. The van der Waals surface area contributed by atoms with Gasteiger partial charge >= 0.3 is 0 Å². The molecule has 108 valence electrons. The molecule has 2 saturated heterocycles. The average molecular weight is 280 g/mol. The summed E-state index contributed by atoms with van der Waals surface area (Å²) in [6.07, 6.45) is 15.8. The molecule has 0 spiro atoms. The van der Waals surface area contributed by atoms with Gasteiger partial charge in [-0.15, -0.1) is 0 Å². The van der Waals surface area contributed by atoms with E-state index in [9.17, 15) is 0 Å². The van der Waals surface area contributed by atoms with Crippen LogP contribution in [-0.4, -0.2) is 17.1 Å². The van der Waals surface area contributed by atoms with Gasteiger partial charge in [0.2, 0.25) is 0 Å². The Bertz CT molecular complexity index is 330. The van der Waals surface area contributed by atoms with Crippen LogP contribution in [-0.2, 0) is 4.74 Å². The molecule has 3 aliphatic rings. The smallest absolute Gasteiger partial charge is 0.0873 e. The summed E-state index contributed by atoms with van der Waals surface area (Å²) >= 11 is 2.29. The summed E-state index contributed by atoms with van der Waals surface area (Å²) in [5.74, 6) is 0. The van der Waals surface area contributed by atoms with Crippen molar-refractivity contribution in [3.05, 3.63) is 11.8 Å². The molecule has 0 aromatic carbocycles. The monoisotopic (exact) mass is 280 g/mol. The van der Waals surface area contributed by atoms with Gasteiger partial charge in [0.15, 0.2) is 0 Å². The topological polar surface area (TPSA) is 9.23 Å². The van der Waals surface area contributed by atoms with E-state index in [2.05, 4.69) is 24.9 Å². The molecule has 0 radical (unpaired) electrons. The van der Waals surface area contributed by atoms with Gasteiger partial charge in [0.25, 0.3) is 0 Å². The Morgan fingerprint density at radius 3 is 2.79 bits per heavy atom. The molecule has 3 atom stereocenters. The number of fused-ring (bicyclic) bond motifs is 2. The van der Waals surface area contributed by atoms with Gasteiger partial charge in [-0.3, -0.25) is 0 Å². The van der Waals surface area contributed by atoms with E-state index in [1.807, 2.05) is 0 Å². The van der Waals surface area contributed by atoms with Crippen LogP contribution < -0.4 is 0 Å². The Morgan fingerprint density at radius 2 is 2.16 bits per heavy atom. The zero-order valence-corrected chi connectivity index (χ0v) is 13.1. The van der Waals surface area contributed by atoms with Gasteiger partial charge in [0, 0.05) is 10.5 Å². The highest BCUT2D eigenvalue weighted by Gasteiger charge is 2.49. The maximum Gasteiger partial charge on any atom is 0.0873 e. The highest BCUT2D eigenvalue weighted by atomic mass is 32.2. The van der Waals surface area contributed by atoms with Crippen LogP contribution in [0.2, 0.25) is 0 Å². The fourth-order valence-electron chi connectivity index (χ4n) is 4.33. The van der Waals surface area contributed by atoms with E-state index >= 15 is 0 Å². The van der Waals surface area contributed by atoms with E-state index in [4.69, 9.17) is 4.74 Å². The second kappa shape index (κ2) is 6.11. The summed E-state index contributed by atoms with van der Waals surface area (Å²) in [6, 6.07) is 0. The highest BCUT2D eigenvalue weighted by molar-refractivity contribution is 8.01. The molecule has 0 N–H and O–H groups in total. The van der Waals surface area contributed by atoms with Gasteiger partial charge in [-0.1, -0.05) is 6.92 Å². The third-order valence-electron chi connectivity index (χ3n) is 5.56. The molecule has 3 fully saturated rings. The zero-order chi connectivity index (χ0) is 13.1. The van der Waals surface area contributed by atoms with Gasteiger partial charge in [0.1, 0.15) is 0 Å². The van der Waals surface area contributed by atoms with Crippen molar-refractivity contribution in [3.8, 4) is 0 Å². The summed E-state index contributed by atoms with van der Waals surface area (Å²) in [5.41, 5.74) is 2.21. The van der Waals surface area contributed by atoms with Crippen LogP contribution in [0.15, 0.2) is 11.8 Å². The first-order chi connectivity index (χ1) is 9.32. The Morgan fingerprint density at radius 1 is 1.32 bits per heavy atom. The van der Waals surface area contributed by atoms with Crippen LogP contribution >= 0.6 is 11.8 Å². The number of hydrogen-bond acceptors (Lipinski definition) is 2. The van der Waals surface area contributed by atoms with Crippen LogP contribution in [0.3, 0.4) is 0 Å². The van der Waals surface area contributed by atoms with Gasteiger partial charge in [0.05, 0.1) is 12.9 Å². The molecule has 0 amide bonds. The molecule has 0 aromatic rings. The van der Waals surface area contributed by atoms with E-state index in [1.54, 1.807) is 5.57 Å². The minimum absolute atomic E-state index is 0.664. The molecule has 3 unspecified atom stereocenters. The quantitative estimate of drug-likeness (QED) is 0.482. The van der Waals surface area contributed by atoms with Crippen molar-refractivity contribution in [2.24, 2.45) is 5.41 Å². The number of allylic oxidation sites excluding steroid dienone is 1. The van der Waals surface area contributed by atoms with Gasteiger partial charge in [-0.05, 0) is 75.2 Å². The first-order valence-electron chi connectivity index (χ1n) is 8.27. The molecule has 0 aromatic heterocycles. The maximum absolute atomic E-state index is 5.78. The van der Waals surface area contributed by atoms with Crippen molar-refractivity contribution in [2.45, 2.75) is 81.6 Å². The fourth-order valence-corrected chi connectivity index (χ4v) is 6.44. The predicted molar refractivity (Wildman–Crippen MR) is 83.5 cm³/mol. The van der Waals surface area contributed by atoms with E-state index < -0.39 is 0 Å². The maximum atomic E-state index is 5.78. The number of rotatable bonds is 6. The van der Waals surface area contributed by atoms with E-state index in [-0.39, 0.29) is 0 Å². The second-order valence-electron chi connectivity index (χ2n) is 6.70. The zero-order valence-electron chi connectivity index (χ0n) is 12.3. The minimum atomic E-state index is 0.664. The summed E-state index contributed by atoms with van der Waals surface area (Å²) in [7, 11) is 0. The highest BCUT2D eigenvalue weighted by Crippen LogP contribution is 2.59. The van der Waals surface area contributed by atoms with Crippen molar-refractivity contribution in [2.75, 3.05) is 6.61 Å². The Hall–Kier alpha value is -0.110. The lowest BCUT2D eigenvalue weighted by atomic mass is 9.69. The van der Waals surface area contributed by atoms with Gasteiger partial charge < -0.3 is 4.74 Å². The van der Waals surface area contributed by atoms with Crippen LogP contribution in [0.25, 0.3) is 0 Å². The first-order valence-corrected chi connectivity index (χ1v) is 9.22. The first kappa shape index (κ1) is 13.9. The molecular weight excluding hydrogens is 252 g/mol. The fraction of sp³-hybridized carbons (Fsp3) is 0.882. The van der Waals surface area contributed by atoms with Crippen molar-refractivity contribution in [1.82, 2.24) is 0 Å². The lowest BCUT2D eigenvalue weighted by molar-refractivity contribution is 0.164. The summed E-state index contributed by atoms with van der Waals surface area (Å²) in [5, 5.41) is 1.96. The normalized spacial score (nSPS) is 37.0. The summed E-state index contributed by atoms with van der Waals surface area (Å²) in [4.78, 5) is 0. The molecule has 2 bridgehead atoms. The minimum Gasteiger partial charge on any atom is -0.501 e. The molecule has 1 aliphatic carbocycles. The third-order valence-corrected chi connectivity index (χ3v) is 7.41. The lowest BCUT2D eigenvalue weighted by Crippen LogP contribution is -2.31. The SMILES string of the molecule is CCC1(CCCOC=C2CCCC2)CC2CCC1S2. The van der Waals surface area contributed by atoms with E-state index in [0.29, 0.717) is 5.41 Å². The largest absolute Gasteiger partial charge is 0.501 e. The summed E-state index contributed by atoms with van der Waals surface area (Å²) in [6.45, 7) is 3.34. The lowest BCUT2D eigenvalue weighted by Gasteiger charge is -2.36. The summed E-state index contributed by atoms with van der Waals surface area (Å²) < 4.78 is 5.78. The second-order valence-corrected chi connectivity index (χ2v) is 8.21. The average Bonchev–Trinajstić information content (AvgIpc) is 3.15. The standard InChI is InChI=1S/C17H28OS/c1-2-17(12-15-8-9-16(17)19-15)10-5-11-18-13-14-6-3-4-7-14/h13,15-16H,2-12H2,1H3. The molecule has 1 saturated carbocycles. The third kappa shape index (κ3) is 2.99. The Labute approximate surface area is 122 Å². The molecular formula is C17H28OS. The molecule has 1 nitrogen and oxygen atoms in total. The van der Waals surface area contributed by atoms with Crippen LogP contribution in [0.4, 0.5) is 0 Å².